The molecule has 2 amide bonds. The summed E-state index contributed by atoms with van der Waals surface area (Å²) in [6, 6.07) is 0.717. The number of hydrogen-bond donors (Lipinski definition) is 1. The number of carbonyl (C=O) groups is 2. The van der Waals surface area contributed by atoms with Crippen LogP contribution in [-0.2, 0) is 9.53 Å². The first kappa shape index (κ1) is 19.5. The van der Waals surface area contributed by atoms with Gasteiger partial charge in [-0.1, -0.05) is 0 Å². The molecule has 0 radical (unpaired) electrons. The number of nitrogens with two attached hydrogens (primary N) is 1. The summed E-state index contributed by atoms with van der Waals surface area (Å²) < 4.78 is 38.2. The third kappa shape index (κ3) is 3.28. The standard InChI is InChI=1S/C21H25F2N3O4/c22-14-5-16(23)18(25-9-14)29-15-1-2-26(10-15)20(28)30-17-12-3-11-4-13(17)8-21(6-11,7-12)19(24)27/h5,9,11-13,15,17H,1-4,6-8,10H2,(H2,24,27)/t11?,12?,13?,15-,17?,21?/m0/s1. The highest BCUT2D eigenvalue weighted by atomic mass is 19.1. The van der Waals surface area contributed by atoms with Gasteiger partial charge < -0.3 is 20.1 Å². The van der Waals surface area contributed by atoms with E-state index >= 15 is 0 Å². The Kier molecular flexibility index (Phi) is 4.59. The molecule has 0 spiro atoms. The Morgan fingerprint density at radius 3 is 2.60 bits per heavy atom. The Hall–Kier alpha value is -2.45. The van der Waals surface area contributed by atoms with Crippen LogP contribution in [0.1, 0.15) is 38.5 Å². The van der Waals surface area contributed by atoms with E-state index in [1.165, 1.54) is 0 Å². The molecule has 9 heteroatoms. The van der Waals surface area contributed by atoms with Crippen LogP contribution >= 0.6 is 0 Å². The Morgan fingerprint density at radius 1 is 1.20 bits per heavy atom. The van der Waals surface area contributed by atoms with Gasteiger partial charge in [-0.05, 0) is 49.9 Å². The molecule has 5 fully saturated rings. The molecule has 2 unspecified atom stereocenters. The first-order valence-electron chi connectivity index (χ1n) is 10.6. The zero-order chi connectivity index (χ0) is 21.0. The lowest BCUT2D eigenvalue weighted by molar-refractivity contribution is -0.161. The van der Waals surface area contributed by atoms with Crippen LogP contribution in [-0.4, -0.2) is 47.2 Å². The minimum absolute atomic E-state index is 0.180. The SMILES string of the molecule is NC(=O)C12CC3CC(C1)C(OC(=O)N1CC[C@H](Oc4ncc(F)cc4F)C1)C(C3)C2. The molecule has 2 N–H and O–H groups in total. The molecule has 0 aromatic carbocycles. The van der Waals surface area contributed by atoms with Crippen LogP contribution in [0.3, 0.4) is 0 Å². The minimum Gasteiger partial charge on any atom is -0.470 e. The number of carbonyl (C=O) groups excluding carboxylic acids is 2. The number of ether oxygens (including phenoxy) is 2. The van der Waals surface area contributed by atoms with Crippen LogP contribution in [0.2, 0.25) is 0 Å². The summed E-state index contributed by atoms with van der Waals surface area (Å²) in [6.07, 6.45) is 4.62. The van der Waals surface area contributed by atoms with Crippen molar-refractivity contribution in [3.8, 4) is 5.88 Å². The fourth-order valence-corrected chi connectivity index (χ4v) is 6.30. The molecule has 3 atom stereocenters. The van der Waals surface area contributed by atoms with E-state index in [9.17, 15) is 18.4 Å². The van der Waals surface area contributed by atoms with Crippen LogP contribution in [0.25, 0.3) is 0 Å². The van der Waals surface area contributed by atoms with Crippen molar-refractivity contribution in [3.63, 3.8) is 0 Å². The summed E-state index contributed by atoms with van der Waals surface area (Å²) in [6.45, 7) is 0.690. The predicted molar refractivity (Wildman–Crippen MR) is 100 cm³/mol. The molecule has 1 saturated heterocycles. The maximum Gasteiger partial charge on any atom is 0.410 e. The molecule has 5 aliphatic rings. The van der Waals surface area contributed by atoms with Crippen LogP contribution in [0.15, 0.2) is 12.3 Å². The number of rotatable bonds is 4. The number of halogens is 2. The maximum atomic E-state index is 13.8. The van der Waals surface area contributed by atoms with Crippen LogP contribution in [0.4, 0.5) is 13.6 Å². The molecule has 4 bridgehead atoms. The van der Waals surface area contributed by atoms with Crippen molar-refractivity contribution in [3.05, 3.63) is 23.9 Å². The molecule has 7 nitrogen and oxygen atoms in total. The van der Waals surface area contributed by atoms with Gasteiger partial charge in [-0.3, -0.25) is 4.79 Å². The van der Waals surface area contributed by atoms with Gasteiger partial charge in [0.25, 0.3) is 5.88 Å². The van der Waals surface area contributed by atoms with E-state index < -0.39 is 29.2 Å². The molecule has 1 aromatic heterocycles. The molecular weight excluding hydrogens is 396 g/mol. The number of likely N-dealkylation sites (tertiary alicyclic amines) is 1. The average molecular weight is 421 g/mol. The number of aromatic nitrogens is 1. The lowest BCUT2D eigenvalue weighted by Crippen LogP contribution is -2.59. The second-order valence-electron chi connectivity index (χ2n) is 9.38. The lowest BCUT2D eigenvalue weighted by Gasteiger charge is -2.58. The van der Waals surface area contributed by atoms with E-state index in [1.807, 2.05) is 0 Å². The van der Waals surface area contributed by atoms with Gasteiger partial charge >= 0.3 is 6.09 Å². The van der Waals surface area contributed by atoms with E-state index in [2.05, 4.69) is 4.98 Å². The molecule has 1 aliphatic heterocycles. The smallest absolute Gasteiger partial charge is 0.410 e. The number of primary amides is 1. The largest absolute Gasteiger partial charge is 0.470 e. The number of pyridine rings is 1. The summed E-state index contributed by atoms with van der Waals surface area (Å²) in [5.74, 6) is -1.27. The Bertz CT molecular complexity index is 866. The van der Waals surface area contributed by atoms with Crippen molar-refractivity contribution in [2.45, 2.75) is 50.7 Å². The third-order valence-corrected chi connectivity index (χ3v) is 7.40. The van der Waals surface area contributed by atoms with E-state index in [-0.39, 0.29) is 36.3 Å². The van der Waals surface area contributed by atoms with Crippen LogP contribution in [0.5, 0.6) is 5.88 Å². The van der Waals surface area contributed by atoms with Crippen molar-refractivity contribution in [2.24, 2.45) is 28.9 Å². The van der Waals surface area contributed by atoms with Gasteiger partial charge in [-0.25, -0.2) is 18.6 Å². The monoisotopic (exact) mass is 421 g/mol. The summed E-state index contributed by atoms with van der Waals surface area (Å²) in [5, 5.41) is 0. The average Bonchev–Trinajstić information content (AvgIpc) is 3.15. The van der Waals surface area contributed by atoms with Crippen LogP contribution < -0.4 is 10.5 Å². The Morgan fingerprint density at radius 2 is 1.93 bits per heavy atom. The minimum atomic E-state index is -0.868. The summed E-state index contributed by atoms with van der Waals surface area (Å²) in [7, 11) is 0. The molecule has 2 heterocycles. The van der Waals surface area contributed by atoms with Crippen molar-refractivity contribution >= 4 is 12.0 Å². The molecule has 1 aromatic rings. The van der Waals surface area contributed by atoms with E-state index in [0.29, 0.717) is 37.8 Å². The Labute approximate surface area is 172 Å². The Balaban J connectivity index is 1.19. The highest BCUT2D eigenvalue weighted by Gasteiger charge is 2.59. The highest BCUT2D eigenvalue weighted by molar-refractivity contribution is 5.81. The van der Waals surface area contributed by atoms with Gasteiger partial charge in [0.05, 0.1) is 18.2 Å². The van der Waals surface area contributed by atoms with Crippen molar-refractivity contribution < 1.29 is 27.8 Å². The number of nitrogens with zero attached hydrogens (tertiary/aromatic N) is 2. The van der Waals surface area contributed by atoms with Crippen molar-refractivity contribution in [2.75, 3.05) is 13.1 Å². The first-order chi connectivity index (χ1) is 14.3. The third-order valence-electron chi connectivity index (χ3n) is 7.40. The summed E-state index contributed by atoms with van der Waals surface area (Å²) >= 11 is 0. The summed E-state index contributed by atoms with van der Waals surface area (Å²) in [5.41, 5.74) is 5.30. The van der Waals surface area contributed by atoms with Crippen molar-refractivity contribution in [1.29, 1.82) is 0 Å². The number of hydrogen-bond acceptors (Lipinski definition) is 5. The summed E-state index contributed by atoms with van der Waals surface area (Å²) in [4.78, 5) is 30.0. The van der Waals surface area contributed by atoms with Crippen molar-refractivity contribution in [1.82, 2.24) is 9.88 Å². The fourth-order valence-electron chi connectivity index (χ4n) is 6.30. The molecule has 4 saturated carbocycles. The van der Waals surface area contributed by atoms with Gasteiger partial charge in [-0.2, -0.15) is 0 Å². The normalized spacial score (nSPS) is 36.7. The molecule has 6 rings (SSSR count). The molecule has 30 heavy (non-hydrogen) atoms. The molecule has 162 valence electrons. The van der Waals surface area contributed by atoms with Gasteiger partial charge in [0, 0.05) is 19.0 Å². The molecule has 4 aliphatic carbocycles. The second-order valence-corrected chi connectivity index (χ2v) is 9.38. The predicted octanol–water partition coefficient (Wildman–Crippen LogP) is 2.63. The number of amides is 2. The first-order valence-corrected chi connectivity index (χ1v) is 10.6. The van der Waals surface area contributed by atoms with Crippen LogP contribution in [0, 0.1) is 34.8 Å². The highest BCUT2D eigenvalue weighted by Crippen LogP contribution is 2.60. The topological polar surface area (TPSA) is 94.8 Å². The zero-order valence-corrected chi connectivity index (χ0v) is 16.6. The van der Waals surface area contributed by atoms with E-state index in [1.54, 1.807) is 4.90 Å². The lowest BCUT2D eigenvalue weighted by atomic mass is 9.48. The van der Waals surface area contributed by atoms with E-state index in [4.69, 9.17) is 15.2 Å². The van der Waals surface area contributed by atoms with Gasteiger partial charge in [-0.15, -0.1) is 0 Å². The van der Waals surface area contributed by atoms with E-state index in [0.717, 1.165) is 25.5 Å². The molecular formula is C21H25F2N3O4. The fraction of sp³-hybridized carbons (Fsp3) is 0.667. The van der Waals surface area contributed by atoms with Gasteiger partial charge in [0.15, 0.2) is 5.82 Å². The van der Waals surface area contributed by atoms with Gasteiger partial charge in [0.2, 0.25) is 5.91 Å². The van der Waals surface area contributed by atoms with Gasteiger partial charge in [0.1, 0.15) is 18.0 Å². The maximum absolute atomic E-state index is 13.8. The second kappa shape index (κ2) is 7.06. The zero-order valence-electron chi connectivity index (χ0n) is 16.6. The quantitative estimate of drug-likeness (QED) is 0.807.